The Labute approximate surface area is 168 Å². The molecule has 1 heterocycles. The third-order valence-corrected chi connectivity index (χ3v) is 6.79. The molecular weight excluding hydrogens is 424 g/mol. The number of aromatic nitrogens is 2. The summed E-state index contributed by atoms with van der Waals surface area (Å²) in [6, 6.07) is 10.5. The quantitative estimate of drug-likeness (QED) is 0.612. The van der Waals surface area contributed by atoms with E-state index < -0.39 is 20.0 Å². The topological polar surface area (TPSA) is 110 Å². The van der Waals surface area contributed by atoms with E-state index in [2.05, 4.69) is 14.4 Å². The molecule has 0 saturated heterocycles. The van der Waals surface area contributed by atoms with Gasteiger partial charge in [-0.3, -0.25) is 9.44 Å². The average Bonchev–Trinajstić information content (AvgIpc) is 3.03. The highest BCUT2D eigenvalue weighted by atomic mass is 35.5. The molecule has 0 aliphatic heterocycles. The van der Waals surface area contributed by atoms with Crippen LogP contribution in [0.4, 0.5) is 11.4 Å². The number of anilines is 2. The smallest absolute Gasteiger partial charge is 0.280 e. The normalized spacial score (nSPS) is 12.0. The molecule has 0 radical (unpaired) electrons. The van der Waals surface area contributed by atoms with Gasteiger partial charge in [-0.1, -0.05) is 23.7 Å². The van der Waals surface area contributed by atoms with Crippen LogP contribution in [0.3, 0.4) is 0 Å². The van der Waals surface area contributed by atoms with Crippen molar-refractivity contribution in [3.05, 3.63) is 65.6 Å². The van der Waals surface area contributed by atoms with Crippen molar-refractivity contribution >= 4 is 43.0 Å². The molecule has 0 spiro atoms. The van der Waals surface area contributed by atoms with Crippen LogP contribution in [0.5, 0.6) is 0 Å². The predicted molar refractivity (Wildman–Crippen MR) is 107 cm³/mol. The molecule has 28 heavy (non-hydrogen) atoms. The standard InChI is InChI=1S/C17H17ClN4O4S2/c1-12-6-7-15(21-28(25,26)17-10-22(2)11-19-17)9-16(12)27(23,24)20-14-5-3-4-13(18)8-14/h3-11,20-21H,1-2H3. The van der Waals surface area contributed by atoms with Gasteiger partial charge in [0.15, 0.2) is 5.03 Å². The molecule has 0 aliphatic rings. The predicted octanol–water partition coefficient (Wildman–Crippen LogP) is 2.98. The summed E-state index contributed by atoms with van der Waals surface area (Å²) < 4.78 is 56.7. The van der Waals surface area contributed by atoms with Gasteiger partial charge >= 0.3 is 0 Å². The highest BCUT2D eigenvalue weighted by molar-refractivity contribution is 7.93. The van der Waals surface area contributed by atoms with Crippen LogP contribution >= 0.6 is 11.6 Å². The Morgan fingerprint density at radius 2 is 1.64 bits per heavy atom. The Morgan fingerprint density at radius 1 is 0.964 bits per heavy atom. The highest BCUT2D eigenvalue weighted by Crippen LogP contribution is 2.25. The van der Waals surface area contributed by atoms with Crippen molar-refractivity contribution in [3.8, 4) is 0 Å². The zero-order valence-corrected chi connectivity index (χ0v) is 17.3. The summed E-state index contributed by atoms with van der Waals surface area (Å²) in [4.78, 5) is 3.74. The molecule has 2 N–H and O–H groups in total. The van der Waals surface area contributed by atoms with Crippen molar-refractivity contribution in [1.29, 1.82) is 0 Å². The van der Waals surface area contributed by atoms with E-state index in [4.69, 9.17) is 11.6 Å². The summed E-state index contributed by atoms with van der Waals surface area (Å²) in [5.74, 6) is 0. The lowest BCUT2D eigenvalue weighted by molar-refractivity contribution is 0.596. The molecule has 1 aromatic heterocycles. The van der Waals surface area contributed by atoms with Crippen molar-refractivity contribution in [2.45, 2.75) is 16.8 Å². The lowest BCUT2D eigenvalue weighted by atomic mass is 10.2. The van der Waals surface area contributed by atoms with Crippen molar-refractivity contribution in [1.82, 2.24) is 9.55 Å². The van der Waals surface area contributed by atoms with Crippen molar-refractivity contribution in [3.63, 3.8) is 0 Å². The zero-order valence-electron chi connectivity index (χ0n) is 14.9. The highest BCUT2D eigenvalue weighted by Gasteiger charge is 2.21. The van der Waals surface area contributed by atoms with Crippen LogP contribution in [0, 0.1) is 6.92 Å². The van der Waals surface area contributed by atoms with Gasteiger partial charge in [0.25, 0.3) is 20.0 Å². The number of sulfonamides is 2. The molecule has 0 amide bonds. The first kappa shape index (κ1) is 20.2. The van der Waals surface area contributed by atoms with Crippen LogP contribution in [0.25, 0.3) is 0 Å². The van der Waals surface area contributed by atoms with E-state index >= 15 is 0 Å². The van der Waals surface area contributed by atoms with Gasteiger partial charge in [0, 0.05) is 18.3 Å². The van der Waals surface area contributed by atoms with E-state index in [1.54, 1.807) is 32.2 Å². The van der Waals surface area contributed by atoms with E-state index in [1.807, 2.05) is 0 Å². The fourth-order valence-electron chi connectivity index (χ4n) is 2.45. The van der Waals surface area contributed by atoms with E-state index in [1.165, 1.54) is 41.4 Å². The van der Waals surface area contributed by atoms with Gasteiger partial charge in [-0.25, -0.2) is 13.4 Å². The van der Waals surface area contributed by atoms with E-state index in [0.717, 1.165) is 0 Å². The van der Waals surface area contributed by atoms with Crippen LogP contribution in [-0.4, -0.2) is 26.4 Å². The molecule has 11 heteroatoms. The lowest BCUT2D eigenvalue weighted by Gasteiger charge is -2.13. The summed E-state index contributed by atoms with van der Waals surface area (Å²) in [5, 5.41) is 0.214. The summed E-state index contributed by atoms with van der Waals surface area (Å²) >= 11 is 5.89. The maximum Gasteiger partial charge on any atom is 0.280 e. The Bertz CT molecular complexity index is 1240. The third kappa shape index (κ3) is 4.46. The van der Waals surface area contributed by atoms with Gasteiger partial charge in [-0.05, 0) is 42.8 Å². The van der Waals surface area contributed by atoms with E-state index in [0.29, 0.717) is 16.3 Å². The Morgan fingerprint density at radius 3 is 2.29 bits per heavy atom. The number of imidazole rings is 1. The molecule has 8 nitrogen and oxygen atoms in total. The van der Waals surface area contributed by atoms with Crippen LogP contribution in [0.2, 0.25) is 5.02 Å². The second-order valence-corrected chi connectivity index (χ2v) is 9.80. The largest absolute Gasteiger partial charge is 0.339 e. The second-order valence-electron chi connectivity index (χ2n) is 6.08. The van der Waals surface area contributed by atoms with Crippen LogP contribution in [0.1, 0.15) is 5.56 Å². The minimum atomic E-state index is -3.96. The minimum absolute atomic E-state index is 0.0614. The maximum absolute atomic E-state index is 12.8. The molecule has 148 valence electrons. The summed E-state index contributed by atoms with van der Waals surface area (Å²) in [6.07, 6.45) is 2.70. The number of rotatable bonds is 6. The molecule has 0 unspecified atom stereocenters. The summed E-state index contributed by atoms with van der Waals surface area (Å²) in [7, 11) is -6.27. The third-order valence-electron chi connectivity index (χ3n) is 3.76. The number of nitrogens with zero attached hydrogens (tertiary/aromatic N) is 2. The molecule has 0 fully saturated rings. The first-order chi connectivity index (χ1) is 13.1. The minimum Gasteiger partial charge on any atom is -0.339 e. The first-order valence-corrected chi connectivity index (χ1v) is 11.3. The number of aryl methyl sites for hydroxylation is 2. The summed E-state index contributed by atoms with van der Waals surface area (Å²) in [6.45, 7) is 1.61. The van der Waals surface area contributed by atoms with E-state index in [-0.39, 0.29) is 15.6 Å². The van der Waals surface area contributed by atoms with Gasteiger partial charge in [-0.15, -0.1) is 0 Å². The Kier molecular flexibility index (Phi) is 5.37. The zero-order chi connectivity index (χ0) is 20.5. The second kappa shape index (κ2) is 7.46. The molecule has 0 atom stereocenters. The number of hydrogen-bond donors (Lipinski definition) is 2. The van der Waals surface area contributed by atoms with Gasteiger partial charge in [-0.2, -0.15) is 8.42 Å². The molecular formula is C17H17ClN4O4S2. The van der Waals surface area contributed by atoms with E-state index in [9.17, 15) is 16.8 Å². The molecule has 3 rings (SSSR count). The molecule has 0 saturated carbocycles. The van der Waals surface area contributed by atoms with Gasteiger partial charge < -0.3 is 4.57 Å². The summed E-state index contributed by atoms with van der Waals surface area (Å²) in [5.41, 5.74) is 0.851. The van der Waals surface area contributed by atoms with Gasteiger partial charge in [0.2, 0.25) is 0 Å². The molecule has 3 aromatic rings. The van der Waals surface area contributed by atoms with Crippen molar-refractivity contribution in [2.75, 3.05) is 9.44 Å². The van der Waals surface area contributed by atoms with Gasteiger partial charge in [0.05, 0.1) is 22.6 Å². The van der Waals surface area contributed by atoms with Crippen molar-refractivity contribution in [2.24, 2.45) is 7.05 Å². The van der Waals surface area contributed by atoms with Crippen molar-refractivity contribution < 1.29 is 16.8 Å². The number of nitrogens with one attached hydrogen (secondary N) is 2. The number of halogens is 1. The Balaban J connectivity index is 1.93. The molecule has 0 aliphatic carbocycles. The number of benzene rings is 2. The van der Waals surface area contributed by atoms with Crippen LogP contribution < -0.4 is 9.44 Å². The SMILES string of the molecule is Cc1ccc(NS(=O)(=O)c2cn(C)cn2)cc1S(=O)(=O)Nc1cccc(Cl)c1. The fourth-order valence-corrected chi connectivity index (χ4v) is 4.99. The van der Waals surface area contributed by atoms with Crippen LogP contribution in [0.15, 0.2) is 64.9 Å². The Hall–Kier alpha value is -2.56. The van der Waals surface area contributed by atoms with Crippen LogP contribution in [-0.2, 0) is 27.1 Å². The maximum atomic E-state index is 12.8. The fraction of sp³-hybridized carbons (Fsp3) is 0.118. The monoisotopic (exact) mass is 440 g/mol. The average molecular weight is 441 g/mol. The lowest BCUT2D eigenvalue weighted by Crippen LogP contribution is -2.16. The molecule has 2 aromatic carbocycles. The molecule has 0 bridgehead atoms. The van der Waals surface area contributed by atoms with Gasteiger partial charge in [0.1, 0.15) is 0 Å². The first-order valence-electron chi connectivity index (χ1n) is 7.97. The number of hydrogen-bond acceptors (Lipinski definition) is 5.